The molecule has 0 fully saturated rings. The number of hydrogen-bond acceptors (Lipinski definition) is 8. The maximum atomic E-state index is 12.2. The number of nitrogens with one attached hydrogen (secondary N) is 2. The summed E-state index contributed by atoms with van der Waals surface area (Å²) < 4.78 is 10.7. The SMILES string of the molecule is COc1cc(/C=N\Nc2nc(C)cc(=O)[nH]2)ccc1OC(=O)c1ccncc1. The first-order valence-electron chi connectivity index (χ1n) is 8.22. The summed E-state index contributed by atoms with van der Waals surface area (Å²) in [4.78, 5) is 34.1. The Morgan fingerprint density at radius 2 is 1.96 bits per heavy atom. The molecule has 0 aliphatic carbocycles. The van der Waals surface area contributed by atoms with Crippen LogP contribution in [0.1, 0.15) is 21.6 Å². The number of carbonyl (C=O) groups excluding carboxylic acids is 1. The molecular formula is C19H17N5O4. The van der Waals surface area contributed by atoms with Gasteiger partial charge in [0, 0.05) is 24.2 Å². The molecule has 9 nitrogen and oxygen atoms in total. The zero-order valence-corrected chi connectivity index (χ0v) is 15.2. The van der Waals surface area contributed by atoms with Crippen LogP contribution in [0, 0.1) is 6.92 Å². The maximum Gasteiger partial charge on any atom is 0.343 e. The summed E-state index contributed by atoms with van der Waals surface area (Å²) in [5, 5.41) is 4.03. The standard InChI is InChI=1S/C19H17N5O4/c1-12-9-17(25)23-19(22-12)24-21-11-13-3-4-15(16(10-13)27-2)28-18(26)14-5-7-20-8-6-14/h3-11H,1-2H3,(H2,22,23,24,25)/b21-11-. The highest BCUT2D eigenvalue weighted by molar-refractivity contribution is 5.91. The number of rotatable bonds is 6. The van der Waals surface area contributed by atoms with E-state index in [9.17, 15) is 9.59 Å². The first-order chi connectivity index (χ1) is 13.5. The van der Waals surface area contributed by atoms with E-state index in [1.54, 1.807) is 37.3 Å². The van der Waals surface area contributed by atoms with Gasteiger partial charge in [-0.25, -0.2) is 15.2 Å². The van der Waals surface area contributed by atoms with Gasteiger partial charge in [-0.3, -0.25) is 14.8 Å². The lowest BCUT2D eigenvalue weighted by molar-refractivity contribution is 0.0729. The molecule has 0 aliphatic heterocycles. The molecule has 0 radical (unpaired) electrons. The van der Waals surface area contributed by atoms with E-state index >= 15 is 0 Å². The van der Waals surface area contributed by atoms with Gasteiger partial charge in [-0.05, 0) is 42.8 Å². The van der Waals surface area contributed by atoms with Crippen molar-refractivity contribution < 1.29 is 14.3 Å². The fourth-order valence-electron chi connectivity index (χ4n) is 2.30. The van der Waals surface area contributed by atoms with Crippen LogP contribution < -0.4 is 20.5 Å². The van der Waals surface area contributed by atoms with E-state index in [0.29, 0.717) is 22.6 Å². The molecule has 9 heteroatoms. The van der Waals surface area contributed by atoms with E-state index in [4.69, 9.17) is 9.47 Å². The van der Waals surface area contributed by atoms with E-state index in [2.05, 4.69) is 25.5 Å². The summed E-state index contributed by atoms with van der Waals surface area (Å²) in [7, 11) is 1.47. The first kappa shape index (κ1) is 18.8. The molecule has 3 rings (SSSR count). The van der Waals surface area contributed by atoms with E-state index < -0.39 is 5.97 Å². The minimum Gasteiger partial charge on any atom is -0.493 e. The van der Waals surface area contributed by atoms with Crippen LogP contribution >= 0.6 is 0 Å². The van der Waals surface area contributed by atoms with Gasteiger partial charge in [-0.1, -0.05) is 0 Å². The second-order valence-corrected chi connectivity index (χ2v) is 5.64. The molecule has 1 aromatic carbocycles. The highest BCUT2D eigenvalue weighted by Crippen LogP contribution is 2.28. The number of benzene rings is 1. The number of hydrogen-bond donors (Lipinski definition) is 2. The predicted molar refractivity (Wildman–Crippen MR) is 103 cm³/mol. The van der Waals surface area contributed by atoms with Gasteiger partial charge < -0.3 is 9.47 Å². The summed E-state index contributed by atoms with van der Waals surface area (Å²) in [6.07, 6.45) is 4.53. The molecule has 0 bridgehead atoms. The number of hydrazone groups is 1. The highest BCUT2D eigenvalue weighted by atomic mass is 16.6. The summed E-state index contributed by atoms with van der Waals surface area (Å²) in [6.45, 7) is 1.71. The van der Waals surface area contributed by atoms with Gasteiger partial charge >= 0.3 is 5.97 Å². The predicted octanol–water partition coefficient (Wildman–Crippen LogP) is 2.15. The van der Waals surface area contributed by atoms with Crippen LogP contribution in [0.2, 0.25) is 0 Å². The van der Waals surface area contributed by atoms with Gasteiger partial charge in [-0.15, -0.1) is 0 Å². The normalized spacial score (nSPS) is 10.6. The Morgan fingerprint density at radius 3 is 2.68 bits per heavy atom. The number of ether oxygens (including phenoxy) is 2. The number of aromatic amines is 1. The summed E-state index contributed by atoms with van der Waals surface area (Å²) in [5.41, 5.74) is 4.02. The third kappa shape index (κ3) is 4.79. The second-order valence-electron chi connectivity index (χ2n) is 5.64. The lowest BCUT2D eigenvalue weighted by Gasteiger charge is -2.09. The van der Waals surface area contributed by atoms with Crippen molar-refractivity contribution in [2.45, 2.75) is 6.92 Å². The molecule has 0 aliphatic rings. The fraction of sp³-hybridized carbons (Fsp3) is 0.105. The average molecular weight is 379 g/mol. The monoisotopic (exact) mass is 379 g/mol. The number of aromatic nitrogens is 3. The van der Waals surface area contributed by atoms with E-state index in [1.165, 1.54) is 31.8 Å². The van der Waals surface area contributed by atoms with Crippen LogP contribution in [0.5, 0.6) is 11.5 Å². The summed E-state index contributed by atoms with van der Waals surface area (Å²) in [6, 6.07) is 9.47. The van der Waals surface area contributed by atoms with Crippen LogP contribution in [0.3, 0.4) is 0 Å². The number of H-pyrrole nitrogens is 1. The van der Waals surface area contributed by atoms with Crippen molar-refractivity contribution in [2.24, 2.45) is 5.10 Å². The van der Waals surface area contributed by atoms with Crippen LogP contribution in [-0.2, 0) is 0 Å². The minimum atomic E-state index is -0.516. The largest absolute Gasteiger partial charge is 0.493 e. The highest BCUT2D eigenvalue weighted by Gasteiger charge is 2.12. The number of esters is 1. The fourth-order valence-corrected chi connectivity index (χ4v) is 2.30. The van der Waals surface area contributed by atoms with Crippen molar-refractivity contribution in [3.8, 4) is 11.5 Å². The topological polar surface area (TPSA) is 119 Å². The van der Waals surface area contributed by atoms with Crippen molar-refractivity contribution in [3.05, 3.63) is 76.0 Å². The van der Waals surface area contributed by atoms with Crippen LogP contribution in [0.4, 0.5) is 5.95 Å². The molecule has 3 aromatic rings. The lowest BCUT2D eigenvalue weighted by atomic mass is 10.2. The molecule has 0 amide bonds. The number of pyridine rings is 1. The Labute approximate surface area is 160 Å². The number of aryl methyl sites for hydroxylation is 1. The molecule has 0 saturated carbocycles. The summed E-state index contributed by atoms with van der Waals surface area (Å²) in [5.74, 6) is 0.363. The van der Waals surface area contributed by atoms with Gasteiger partial charge in [0.25, 0.3) is 5.56 Å². The van der Waals surface area contributed by atoms with Crippen molar-refractivity contribution in [2.75, 3.05) is 12.5 Å². The quantitative estimate of drug-likeness (QED) is 0.291. The van der Waals surface area contributed by atoms with Gasteiger partial charge in [0.05, 0.1) is 18.9 Å². The van der Waals surface area contributed by atoms with Crippen LogP contribution in [0.15, 0.2) is 58.7 Å². The number of nitrogens with zero attached hydrogens (tertiary/aromatic N) is 3. The molecule has 2 N–H and O–H groups in total. The number of anilines is 1. The second kappa shape index (κ2) is 8.58. The molecule has 2 aromatic heterocycles. The maximum absolute atomic E-state index is 12.2. The molecule has 0 spiro atoms. The molecule has 142 valence electrons. The van der Waals surface area contributed by atoms with Crippen LogP contribution in [-0.4, -0.2) is 34.2 Å². The third-order valence-electron chi connectivity index (χ3n) is 3.56. The minimum absolute atomic E-state index is 0.233. The number of methoxy groups -OCH3 is 1. The van der Waals surface area contributed by atoms with E-state index in [1.807, 2.05) is 0 Å². The van der Waals surface area contributed by atoms with E-state index in [0.717, 1.165) is 0 Å². The third-order valence-corrected chi connectivity index (χ3v) is 3.56. The van der Waals surface area contributed by atoms with Crippen molar-refractivity contribution in [1.29, 1.82) is 0 Å². The van der Waals surface area contributed by atoms with E-state index in [-0.39, 0.29) is 17.3 Å². The van der Waals surface area contributed by atoms with Crippen molar-refractivity contribution in [3.63, 3.8) is 0 Å². The van der Waals surface area contributed by atoms with Crippen molar-refractivity contribution >= 4 is 18.1 Å². The molecule has 0 unspecified atom stereocenters. The molecule has 2 heterocycles. The van der Waals surface area contributed by atoms with Crippen LogP contribution in [0.25, 0.3) is 0 Å². The lowest BCUT2D eigenvalue weighted by Crippen LogP contribution is -2.10. The Bertz CT molecular complexity index is 1060. The molecule has 0 atom stereocenters. The molecule has 28 heavy (non-hydrogen) atoms. The van der Waals surface area contributed by atoms with Crippen molar-refractivity contribution in [1.82, 2.24) is 15.0 Å². The Morgan fingerprint density at radius 1 is 1.18 bits per heavy atom. The summed E-state index contributed by atoms with van der Waals surface area (Å²) >= 11 is 0. The van der Waals surface area contributed by atoms with Gasteiger partial charge in [-0.2, -0.15) is 5.10 Å². The van der Waals surface area contributed by atoms with Gasteiger partial charge in [0.2, 0.25) is 5.95 Å². The number of carbonyl (C=O) groups is 1. The van der Waals surface area contributed by atoms with Gasteiger partial charge in [0.1, 0.15) is 0 Å². The zero-order chi connectivity index (χ0) is 19.9. The Hall–Kier alpha value is -4.01. The van der Waals surface area contributed by atoms with Gasteiger partial charge in [0.15, 0.2) is 11.5 Å². The molecular weight excluding hydrogens is 362 g/mol. The first-order valence-corrected chi connectivity index (χ1v) is 8.22. The Kier molecular flexibility index (Phi) is 5.75. The Balaban J connectivity index is 1.72. The molecule has 0 saturated heterocycles. The average Bonchev–Trinajstić information content (AvgIpc) is 2.69. The zero-order valence-electron chi connectivity index (χ0n) is 15.2. The smallest absolute Gasteiger partial charge is 0.343 e.